The van der Waals surface area contributed by atoms with Crippen molar-refractivity contribution < 1.29 is 27.4 Å². The first kappa shape index (κ1) is 27.7. The fourth-order valence-electron chi connectivity index (χ4n) is 3.88. The molecule has 0 bridgehead atoms. The number of carbonyl (C=O) groups excluding carboxylic acids is 1. The van der Waals surface area contributed by atoms with Gasteiger partial charge in [0.25, 0.3) is 0 Å². The zero-order valence-electron chi connectivity index (χ0n) is 20.4. The highest BCUT2D eigenvalue weighted by molar-refractivity contribution is 6.31. The molecule has 0 atom stereocenters. The molecule has 2 aromatic carbocycles. The van der Waals surface area contributed by atoms with Crippen molar-refractivity contribution in [3.63, 3.8) is 0 Å². The van der Waals surface area contributed by atoms with Crippen molar-refractivity contribution in [2.24, 2.45) is 5.92 Å². The fraction of sp³-hybridized carbons (Fsp3) is 0.444. The summed E-state index contributed by atoms with van der Waals surface area (Å²) in [6, 6.07) is 7.78. The van der Waals surface area contributed by atoms with Crippen molar-refractivity contribution in [1.82, 2.24) is 4.90 Å². The van der Waals surface area contributed by atoms with Crippen molar-refractivity contribution in [2.45, 2.75) is 38.8 Å². The second-order valence-electron chi connectivity index (χ2n) is 8.71. The van der Waals surface area contributed by atoms with Crippen LogP contribution in [0.3, 0.4) is 0 Å². The van der Waals surface area contributed by atoms with Gasteiger partial charge in [-0.15, -0.1) is 0 Å². The molecule has 0 spiro atoms. The Kier molecular flexibility index (Phi) is 9.91. The number of alkyl halides is 3. The Labute approximate surface area is 214 Å². The number of rotatable bonds is 10. The van der Waals surface area contributed by atoms with Gasteiger partial charge in [0, 0.05) is 36.3 Å². The van der Waals surface area contributed by atoms with E-state index in [0.717, 1.165) is 50.2 Å². The Hall–Kier alpha value is -2.89. The number of methoxy groups -OCH3 is 1. The molecule has 36 heavy (non-hydrogen) atoms. The van der Waals surface area contributed by atoms with Gasteiger partial charge in [0.05, 0.1) is 17.7 Å². The number of hydrogen-bond acceptors (Lipinski definition) is 4. The number of nitrogens with zero attached hydrogens (tertiary/aromatic N) is 1. The van der Waals surface area contributed by atoms with E-state index in [4.69, 9.17) is 21.1 Å². The van der Waals surface area contributed by atoms with Gasteiger partial charge in [-0.1, -0.05) is 30.9 Å². The van der Waals surface area contributed by atoms with Gasteiger partial charge in [0.15, 0.2) is 11.5 Å². The largest absolute Gasteiger partial charge is 0.493 e. The summed E-state index contributed by atoms with van der Waals surface area (Å²) < 4.78 is 49.6. The van der Waals surface area contributed by atoms with E-state index in [-0.39, 0.29) is 10.6 Å². The molecule has 0 heterocycles. The van der Waals surface area contributed by atoms with Crippen LogP contribution >= 0.6 is 11.6 Å². The quantitative estimate of drug-likeness (QED) is 0.375. The maximum absolute atomic E-state index is 12.8. The molecule has 3 rings (SSSR count). The highest BCUT2D eigenvalue weighted by Crippen LogP contribution is 2.32. The molecule has 1 saturated carbocycles. The van der Waals surface area contributed by atoms with Gasteiger partial charge in [0.1, 0.15) is 6.61 Å². The molecule has 0 unspecified atom stereocenters. The Morgan fingerprint density at radius 2 is 1.94 bits per heavy atom. The molecular formula is C27H30ClF3N2O3. The third-order valence-electron chi connectivity index (χ3n) is 5.97. The van der Waals surface area contributed by atoms with Crippen LogP contribution < -0.4 is 14.8 Å². The van der Waals surface area contributed by atoms with Crippen LogP contribution in [0.25, 0.3) is 0 Å². The van der Waals surface area contributed by atoms with Crippen LogP contribution in [0.1, 0.15) is 43.7 Å². The number of amides is 1. The van der Waals surface area contributed by atoms with Crippen molar-refractivity contribution in [1.29, 1.82) is 0 Å². The van der Waals surface area contributed by atoms with E-state index in [1.54, 1.807) is 18.2 Å². The summed E-state index contributed by atoms with van der Waals surface area (Å²) in [5.41, 5.74) is -0.321. The summed E-state index contributed by atoms with van der Waals surface area (Å²) in [4.78, 5) is 14.7. The maximum Gasteiger partial charge on any atom is 0.416 e. The first-order valence-corrected chi connectivity index (χ1v) is 12.3. The summed E-state index contributed by atoms with van der Waals surface area (Å²) in [7, 11) is 1.51. The van der Waals surface area contributed by atoms with E-state index < -0.39 is 17.6 Å². The minimum absolute atomic E-state index is 0.121. The van der Waals surface area contributed by atoms with Crippen LogP contribution in [0.5, 0.6) is 11.5 Å². The van der Waals surface area contributed by atoms with E-state index in [1.807, 2.05) is 0 Å². The Morgan fingerprint density at radius 3 is 2.56 bits per heavy atom. The number of nitrogens with one attached hydrogen (secondary N) is 1. The maximum atomic E-state index is 12.8. The third kappa shape index (κ3) is 8.07. The van der Waals surface area contributed by atoms with Gasteiger partial charge in [-0.2, -0.15) is 13.2 Å². The van der Waals surface area contributed by atoms with E-state index in [1.165, 1.54) is 26.4 Å². The monoisotopic (exact) mass is 522 g/mol. The van der Waals surface area contributed by atoms with Gasteiger partial charge < -0.3 is 14.8 Å². The van der Waals surface area contributed by atoms with Gasteiger partial charge in [-0.3, -0.25) is 9.69 Å². The number of benzene rings is 2. The molecule has 1 fully saturated rings. The zero-order valence-corrected chi connectivity index (χ0v) is 21.1. The molecule has 1 amide bonds. The van der Waals surface area contributed by atoms with Crippen molar-refractivity contribution in [3.05, 3.63) is 52.5 Å². The molecule has 1 aliphatic rings. The van der Waals surface area contributed by atoms with Crippen LogP contribution in [-0.4, -0.2) is 44.2 Å². The SMILES string of the molecule is CCCN(CCOc1ccc(NC(=O)C#Cc2ccc(C(F)(F)F)cc2Cl)cc1OC)CC1CCC1. The summed E-state index contributed by atoms with van der Waals surface area (Å²) in [5.74, 6) is 6.03. The van der Waals surface area contributed by atoms with Gasteiger partial charge in [-0.25, -0.2) is 0 Å². The first-order valence-electron chi connectivity index (χ1n) is 11.9. The number of anilines is 1. The predicted octanol–water partition coefficient (Wildman–Crippen LogP) is 6.25. The van der Waals surface area contributed by atoms with Crippen molar-refractivity contribution in [3.8, 4) is 23.3 Å². The van der Waals surface area contributed by atoms with E-state index >= 15 is 0 Å². The summed E-state index contributed by atoms with van der Waals surface area (Å²) >= 11 is 5.88. The summed E-state index contributed by atoms with van der Waals surface area (Å²) in [5, 5.41) is 2.43. The van der Waals surface area contributed by atoms with Crippen molar-refractivity contribution >= 4 is 23.2 Å². The molecule has 0 aliphatic heterocycles. The number of halogens is 4. The Morgan fingerprint density at radius 1 is 1.17 bits per heavy atom. The molecule has 0 radical (unpaired) electrons. The Bertz CT molecular complexity index is 1110. The smallest absolute Gasteiger partial charge is 0.416 e. The molecule has 9 heteroatoms. The fourth-order valence-corrected chi connectivity index (χ4v) is 4.11. The normalized spacial score (nSPS) is 13.5. The molecule has 2 aromatic rings. The van der Waals surface area contributed by atoms with Gasteiger partial charge >= 0.3 is 12.1 Å². The average molecular weight is 523 g/mol. The highest BCUT2D eigenvalue weighted by Gasteiger charge is 2.30. The zero-order chi connectivity index (χ0) is 26.1. The van der Waals surface area contributed by atoms with E-state index in [0.29, 0.717) is 23.8 Å². The highest BCUT2D eigenvalue weighted by atomic mass is 35.5. The molecule has 0 aromatic heterocycles. The van der Waals surface area contributed by atoms with Gasteiger partial charge in [0.2, 0.25) is 0 Å². The lowest BCUT2D eigenvalue weighted by atomic mass is 9.85. The molecular weight excluding hydrogens is 493 g/mol. The summed E-state index contributed by atoms with van der Waals surface area (Å²) in [6.07, 6.45) is 0.536. The summed E-state index contributed by atoms with van der Waals surface area (Å²) in [6.45, 7) is 5.67. The van der Waals surface area contributed by atoms with Crippen molar-refractivity contribution in [2.75, 3.05) is 38.7 Å². The second kappa shape index (κ2) is 12.9. The van der Waals surface area contributed by atoms with Gasteiger partial charge in [-0.05, 0) is 62.1 Å². The minimum atomic E-state index is -4.51. The minimum Gasteiger partial charge on any atom is -0.493 e. The predicted molar refractivity (Wildman–Crippen MR) is 135 cm³/mol. The molecule has 1 aliphatic carbocycles. The number of ether oxygens (including phenoxy) is 2. The second-order valence-corrected chi connectivity index (χ2v) is 9.12. The lowest BCUT2D eigenvalue weighted by Gasteiger charge is -2.32. The molecule has 1 N–H and O–H groups in total. The van der Waals surface area contributed by atoms with Crippen LogP contribution in [0, 0.1) is 17.8 Å². The lowest BCUT2D eigenvalue weighted by molar-refractivity contribution is -0.137. The third-order valence-corrected chi connectivity index (χ3v) is 6.29. The number of carbonyl (C=O) groups is 1. The molecule has 0 saturated heterocycles. The van der Waals surface area contributed by atoms with Crippen LogP contribution in [0.2, 0.25) is 5.02 Å². The van der Waals surface area contributed by atoms with Crippen LogP contribution in [0.15, 0.2) is 36.4 Å². The molecule has 194 valence electrons. The molecule has 5 nitrogen and oxygen atoms in total. The van der Waals surface area contributed by atoms with E-state index in [2.05, 4.69) is 29.0 Å². The average Bonchev–Trinajstić information content (AvgIpc) is 2.80. The van der Waals surface area contributed by atoms with E-state index in [9.17, 15) is 18.0 Å². The van der Waals surface area contributed by atoms with Crippen LogP contribution in [-0.2, 0) is 11.0 Å². The topological polar surface area (TPSA) is 50.8 Å². The number of hydrogen-bond donors (Lipinski definition) is 1. The van der Waals surface area contributed by atoms with Crippen LogP contribution in [0.4, 0.5) is 18.9 Å². The Balaban J connectivity index is 1.57. The standard InChI is InChI=1S/C27H30ClF3N2O3/c1-3-13-33(18-19-5-4-6-19)14-15-36-24-11-10-22(17-25(24)35-2)32-26(34)12-8-20-7-9-21(16-23(20)28)27(29,30)31/h7,9-11,16-17,19H,3-6,13-15,18H2,1-2H3,(H,32,34). The first-order chi connectivity index (χ1) is 17.2. The lowest BCUT2D eigenvalue weighted by Crippen LogP contribution is -2.36.